The highest BCUT2D eigenvalue weighted by Crippen LogP contribution is 2.34. The molecule has 0 aromatic heterocycles. The number of hydrogen-bond acceptors (Lipinski definition) is 7. The average Bonchev–Trinajstić information content (AvgIpc) is 3.20. The number of imide groups is 1. The fourth-order valence-electron chi connectivity index (χ4n) is 5.22. The molecular weight excluding hydrogens is 592 g/mol. The van der Waals surface area contributed by atoms with Gasteiger partial charge in [0.25, 0.3) is 5.91 Å². The lowest BCUT2D eigenvalue weighted by molar-refractivity contribution is -0.122. The van der Waals surface area contributed by atoms with E-state index in [0.717, 1.165) is 20.3 Å². The number of nitrogens with zero attached hydrogens (tertiary/aromatic N) is 2. The lowest BCUT2D eigenvalue weighted by Gasteiger charge is -2.29. The summed E-state index contributed by atoms with van der Waals surface area (Å²) in [6.45, 7) is 8.26. The van der Waals surface area contributed by atoms with E-state index in [4.69, 9.17) is 5.14 Å². The van der Waals surface area contributed by atoms with Gasteiger partial charge in [0.15, 0.2) is 0 Å². The third kappa shape index (κ3) is 6.54. The fraction of sp³-hybridized carbons (Fsp3) is 0.300. The number of nitrogens with two attached hydrogens (primary N) is 1. The van der Waals surface area contributed by atoms with Crippen LogP contribution < -0.4 is 15.4 Å². The molecule has 43 heavy (non-hydrogen) atoms. The summed E-state index contributed by atoms with van der Waals surface area (Å²) in [7, 11) is -8.21. The molecule has 1 atom stereocenters. The molecule has 3 aromatic rings. The first-order chi connectivity index (χ1) is 20.0. The average molecular weight is 627 g/mol. The molecule has 1 heterocycles. The highest BCUT2D eigenvalue weighted by Gasteiger charge is 2.47. The van der Waals surface area contributed by atoms with Crippen LogP contribution in [-0.2, 0) is 40.9 Å². The van der Waals surface area contributed by atoms with Gasteiger partial charge < -0.3 is 5.32 Å². The zero-order chi connectivity index (χ0) is 31.9. The van der Waals surface area contributed by atoms with Crippen molar-refractivity contribution in [3.05, 3.63) is 82.4 Å². The van der Waals surface area contributed by atoms with Crippen LogP contribution in [0.5, 0.6) is 0 Å². The summed E-state index contributed by atoms with van der Waals surface area (Å²) in [5.41, 5.74) is 3.99. The predicted molar refractivity (Wildman–Crippen MR) is 162 cm³/mol. The Morgan fingerprint density at radius 2 is 1.49 bits per heavy atom. The Hall–Kier alpha value is -3.91. The quantitative estimate of drug-likeness (QED) is 0.345. The molecule has 0 spiro atoms. The summed E-state index contributed by atoms with van der Waals surface area (Å²) >= 11 is 0. The number of primary sulfonamides is 1. The van der Waals surface area contributed by atoms with E-state index in [2.05, 4.69) is 5.32 Å². The van der Waals surface area contributed by atoms with Crippen molar-refractivity contribution in [1.29, 1.82) is 0 Å². The minimum absolute atomic E-state index is 0.0843. The van der Waals surface area contributed by atoms with Gasteiger partial charge in [-0.25, -0.2) is 26.9 Å². The van der Waals surface area contributed by atoms with E-state index < -0.39 is 37.9 Å². The Labute approximate surface area is 251 Å². The van der Waals surface area contributed by atoms with Gasteiger partial charge in [-0.1, -0.05) is 18.2 Å². The molecule has 3 aromatic carbocycles. The van der Waals surface area contributed by atoms with Crippen LogP contribution >= 0.6 is 0 Å². The molecule has 1 aliphatic heterocycles. The van der Waals surface area contributed by atoms with Gasteiger partial charge in [0, 0.05) is 19.2 Å². The largest absolute Gasteiger partial charge is 0.326 e. The molecule has 4 rings (SSSR count). The lowest BCUT2D eigenvalue weighted by Crippen LogP contribution is -2.46. The van der Waals surface area contributed by atoms with Crippen molar-refractivity contribution in [2.45, 2.75) is 63.3 Å². The molecule has 1 fully saturated rings. The molecule has 3 N–H and O–H groups in total. The summed E-state index contributed by atoms with van der Waals surface area (Å²) in [6, 6.07) is 12.4. The van der Waals surface area contributed by atoms with Crippen molar-refractivity contribution in [2.75, 3.05) is 16.8 Å². The molecule has 228 valence electrons. The van der Waals surface area contributed by atoms with Gasteiger partial charge in [-0.15, -0.1) is 0 Å². The number of carbonyl (C=O) groups is 3. The molecule has 1 aliphatic rings. The van der Waals surface area contributed by atoms with Crippen LogP contribution in [0.25, 0.3) is 0 Å². The number of sulfonamides is 2. The van der Waals surface area contributed by atoms with Crippen molar-refractivity contribution >= 4 is 49.1 Å². The number of aryl methyl sites for hydroxylation is 2. The minimum atomic E-state index is -4.30. The first kappa shape index (κ1) is 32.0. The summed E-state index contributed by atoms with van der Waals surface area (Å²) in [5.74, 6) is -1.53. The number of carbonyl (C=O) groups excluding carboxylic acids is 3. The molecule has 0 radical (unpaired) electrons. The van der Waals surface area contributed by atoms with Gasteiger partial charge in [0.2, 0.25) is 31.9 Å². The van der Waals surface area contributed by atoms with E-state index in [1.54, 1.807) is 26.0 Å². The Morgan fingerprint density at radius 1 is 0.930 bits per heavy atom. The fourth-order valence-corrected chi connectivity index (χ4v) is 7.90. The highest BCUT2D eigenvalue weighted by molar-refractivity contribution is 7.89. The Balaban J connectivity index is 1.74. The molecule has 0 saturated carbocycles. The van der Waals surface area contributed by atoms with Gasteiger partial charge in [-0.2, -0.15) is 4.31 Å². The van der Waals surface area contributed by atoms with Crippen LogP contribution in [0.3, 0.4) is 0 Å². The summed E-state index contributed by atoms with van der Waals surface area (Å²) in [5, 5.41) is 7.82. The second-order valence-corrected chi connectivity index (χ2v) is 14.0. The Morgan fingerprint density at radius 3 is 2.00 bits per heavy atom. The summed E-state index contributed by atoms with van der Waals surface area (Å²) in [6.07, 6.45) is -0.227. The number of nitrogens with one attached hydrogen (secondary N) is 1. The van der Waals surface area contributed by atoms with E-state index in [0.29, 0.717) is 22.4 Å². The van der Waals surface area contributed by atoms with Crippen molar-refractivity contribution < 1.29 is 31.2 Å². The second-order valence-electron chi connectivity index (χ2n) is 10.7. The number of benzene rings is 3. The van der Waals surface area contributed by atoms with Crippen molar-refractivity contribution in [1.82, 2.24) is 4.31 Å². The molecule has 1 saturated heterocycles. The minimum Gasteiger partial charge on any atom is -0.326 e. The van der Waals surface area contributed by atoms with Gasteiger partial charge in [0.05, 0.1) is 21.9 Å². The lowest BCUT2D eigenvalue weighted by atomic mass is 10.0. The van der Waals surface area contributed by atoms with Crippen LogP contribution in [-0.4, -0.2) is 51.4 Å². The van der Waals surface area contributed by atoms with Gasteiger partial charge in [0.1, 0.15) is 6.04 Å². The van der Waals surface area contributed by atoms with Crippen LogP contribution in [0.4, 0.5) is 11.4 Å². The first-order valence-electron chi connectivity index (χ1n) is 13.5. The standard InChI is InChI=1S/C30H34N4O7S2/c1-18-16-19(2)21(4)29(20(18)3)43(40,41)33(15-14-23-6-12-26(13-7-23)42(31,38)39)27-17-28(36)34(30(27)37)25-10-8-24(9-11-25)32-22(5)35/h6-13,16,27H,14-15,17H2,1-5H3,(H,32,35)(H2,31,38,39). The molecule has 11 nitrogen and oxygen atoms in total. The van der Waals surface area contributed by atoms with E-state index in [1.807, 2.05) is 19.9 Å². The van der Waals surface area contributed by atoms with Crippen LogP contribution in [0, 0.1) is 27.7 Å². The SMILES string of the molecule is CC(=O)Nc1ccc(N2C(=O)CC(N(CCc3ccc(S(N)(=O)=O)cc3)S(=O)(=O)c3c(C)c(C)cc(C)c3C)C2=O)cc1. The highest BCUT2D eigenvalue weighted by atomic mass is 32.2. The van der Waals surface area contributed by atoms with Crippen molar-refractivity contribution in [2.24, 2.45) is 5.14 Å². The zero-order valence-corrected chi connectivity index (χ0v) is 26.2. The van der Waals surface area contributed by atoms with Gasteiger partial charge >= 0.3 is 0 Å². The Kier molecular flexibility index (Phi) is 8.93. The first-order valence-corrected chi connectivity index (χ1v) is 16.5. The van der Waals surface area contributed by atoms with E-state index in [-0.39, 0.29) is 40.8 Å². The molecule has 3 amide bonds. The third-order valence-electron chi connectivity index (χ3n) is 7.65. The van der Waals surface area contributed by atoms with E-state index in [9.17, 15) is 31.2 Å². The Bertz CT molecular complexity index is 1790. The van der Waals surface area contributed by atoms with Gasteiger partial charge in [-0.3, -0.25) is 14.4 Å². The molecule has 13 heteroatoms. The maximum absolute atomic E-state index is 14.4. The van der Waals surface area contributed by atoms with E-state index >= 15 is 0 Å². The third-order valence-corrected chi connectivity index (χ3v) is 10.8. The number of anilines is 2. The smallest absolute Gasteiger partial charge is 0.252 e. The number of hydrogen-bond donors (Lipinski definition) is 2. The maximum Gasteiger partial charge on any atom is 0.252 e. The maximum atomic E-state index is 14.4. The zero-order valence-electron chi connectivity index (χ0n) is 24.5. The van der Waals surface area contributed by atoms with Crippen LogP contribution in [0.1, 0.15) is 41.2 Å². The van der Waals surface area contributed by atoms with Crippen molar-refractivity contribution in [3.63, 3.8) is 0 Å². The summed E-state index contributed by atoms with van der Waals surface area (Å²) < 4.78 is 53.3. The second kappa shape index (κ2) is 12.0. The topological polar surface area (TPSA) is 164 Å². The number of amides is 3. The number of rotatable bonds is 9. The molecule has 0 bridgehead atoms. The molecular formula is C30H34N4O7S2. The van der Waals surface area contributed by atoms with Crippen LogP contribution in [0.15, 0.2) is 64.4 Å². The molecule has 0 aliphatic carbocycles. The monoisotopic (exact) mass is 626 g/mol. The predicted octanol–water partition coefficient (Wildman–Crippen LogP) is 3.09. The van der Waals surface area contributed by atoms with Gasteiger partial charge in [-0.05, 0) is 98.3 Å². The molecule has 1 unspecified atom stereocenters. The summed E-state index contributed by atoms with van der Waals surface area (Å²) in [4.78, 5) is 39.4. The normalized spacial score (nSPS) is 15.8. The van der Waals surface area contributed by atoms with E-state index in [1.165, 1.54) is 43.3 Å². The van der Waals surface area contributed by atoms with Crippen molar-refractivity contribution in [3.8, 4) is 0 Å². The van der Waals surface area contributed by atoms with Crippen LogP contribution in [0.2, 0.25) is 0 Å².